The minimum atomic E-state index is 0.539. The van der Waals surface area contributed by atoms with Crippen molar-refractivity contribution in [2.75, 3.05) is 23.3 Å². The second-order valence-corrected chi connectivity index (χ2v) is 4.92. The number of anilines is 2. The van der Waals surface area contributed by atoms with Crippen LogP contribution in [-0.2, 0) is 0 Å². The summed E-state index contributed by atoms with van der Waals surface area (Å²) in [4.78, 5) is 11.2. The minimum absolute atomic E-state index is 0.539. The molecule has 0 spiro atoms. The van der Waals surface area contributed by atoms with Gasteiger partial charge >= 0.3 is 0 Å². The summed E-state index contributed by atoms with van der Waals surface area (Å²) in [5, 5.41) is 12.1. The summed E-state index contributed by atoms with van der Waals surface area (Å²) in [6.45, 7) is 5.71. The largest absolute Gasteiger partial charge is 0.370 e. The Balaban J connectivity index is 2.16. The molecule has 0 amide bonds. The number of aryl methyl sites for hydroxylation is 1. The predicted octanol–water partition coefficient (Wildman–Crippen LogP) is 2.49. The fourth-order valence-corrected chi connectivity index (χ4v) is 2.08. The van der Waals surface area contributed by atoms with E-state index in [0.717, 1.165) is 37.0 Å². The third-order valence-electron chi connectivity index (χ3n) is 3.13. The monoisotopic (exact) mass is 259 g/mol. The lowest BCUT2D eigenvalue weighted by Crippen LogP contribution is -2.28. The Kier molecular flexibility index (Phi) is 4.56. The maximum absolute atomic E-state index is 8.77. The van der Waals surface area contributed by atoms with Gasteiger partial charge in [-0.3, -0.25) is 0 Å². The Labute approximate surface area is 114 Å². The highest BCUT2D eigenvalue weighted by Gasteiger charge is 2.30. The van der Waals surface area contributed by atoms with Crippen LogP contribution in [0.3, 0.4) is 0 Å². The first kappa shape index (κ1) is 13.6. The zero-order valence-electron chi connectivity index (χ0n) is 11.7. The number of nitrogens with zero attached hydrogens (tertiary/aromatic N) is 4. The van der Waals surface area contributed by atoms with Crippen LogP contribution < -0.4 is 10.2 Å². The zero-order chi connectivity index (χ0) is 13.7. The Morgan fingerprint density at radius 1 is 1.47 bits per heavy atom. The van der Waals surface area contributed by atoms with Crippen molar-refractivity contribution in [2.24, 2.45) is 0 Å². The lowest BCUT2D eigenvalue weighted by Gasteiger charge is -2.23. The van der Waals surface area contributed by atoms with E-state index in [-0.39, 0.29) is 0 Å². The van der Waals surface area contributed by atoms with Gasteiger partial charge in [0.15, 0.2) is 0 Å². The van der Waals surface area contributed by atoms with Crippen LogP contribution in [0.1, 0.15) is 38.4 Å². The minimum Gasteiger partial charge on any atom is -0.370 e. The number of nitrogens with one attached hydrogen (secondary N) is 1. The second kappa shape index (κ2) is 6.37. The first-order valence-corrected chi connectivity index (χ1v) is 6.97. The summed E-state index contributed by atoms with van der Waals surface area (Å²) >= 11 is 0. The van der Waals surface area contributed by atoms with Crippen molar-refractivity contribution in [3.8, 4) is 6.07 Å². The van der Waals surface area contributed by atoms with Gasteiger partial charge < -0.3 is 10.2 Å². The number of aromatic nitrogens is 2. The number of nitriles is 1. The Morgan fingerprint density at radius 3 is 2.89 bits per heavy atom. The molecule has 1 heterocycles. The Hall–Kier alpha value is -1.83. The molecule has 0 aromatic carbocycles. The summed E-state index contributed by atoms with van der Waals surface area (Å²) in [6.07, 6.45) is 4.01. The third-order valence-corrected chi connectivity index (χ3v) is 3.13. The van der Waals surface area contributed by atoms with Crippen molar-refractivity contribution in [1.29, 1.82) is 5.26 Å². The van der Waals surface area contributed by atoms with Crippen LogP contribution in [0, 0.1) is 18.3 Å². The van der Waals surface area contributed by atoms with E-state index in [1.807, 2.05) is 13.0 Å². The maximum atomic E-state index is 8.77. The quantitative estimate of drug-likeness (QED) is 0.815. The number of hydrogen-bond acceptors (Lipinski definition) is 5. The molecule has 1 fully saturated rings. The molecule has 2 rings (SSSR count). The van der Waals surface area contributed by atoms with Gasteiger partial charge in [-0.1, -0.05) is 6.92 Å². The van der Waals surface area contributed by atoms with Crippen LogP contribution in [0.25, 0.3) is 0 Å². The normalized spacial score (nSPS) is 13.9. The molecule has 19 heavy (non-hydrogen) atoms. The van der Waals surface area contributed by atoms with Crippen LogP contribution >= 0.6 is 0 Å². The van der Waals surface area contributed by atoms with Gasteiger partial charge in [0.1, 0.15) is 17.5 Å². The second-order valence-electron chi connectivity index (χ2n) is 4.92. The molecule has 0 aliphatic heterocycles. The van der Waals surface area contributed by atoms with E-state index in [0.29, 0.717) is 12.5 Å². The van der Waals surface area contributed by atoms with E-state index >= 15 is 0 Å². The predicted molar refractivity (Wildman–Crippen MR) is 76.1 cm³/mol. The van der Waals surface area contributed by atoms with Gasteiger partial charge in [-0.05, 0) is 26.2 Å². The molecule has 0 radical (unpaired) electrons. The summed E-state index contributed by atoms with van der Waals surface area (Å²) in [6, 6.07) is 4.77. The highest BCUT2D eigenvalue weighted by atomic mass is 15.2. The standard InChI is InChI=1S/C14H21N5/c1-3-8-16-13-10-14(18-11(2)17-13)19(9-4-7-15)12-5-6-12/h10,12H,3-6,8-9H2,1-2H3,(H,16,17,18). The zero-order valence-corrected chi connectivity index (χ0v) is 11.7. The van der Waals surface area contributed by atoms with Crippen molar-refractivity contribution in [2.45, 2.75) is 45.6 Å². The lowest BCUT2D eigenvalue weighted by molar-refractivity contribution is 0.771. The van der Waals surface area contributed by atoms with Crippen LogP contribution in [-0.4, -0.2) is 29.1 Å². The van der Waals surface area contributed by atoms with E-state index in [2.05, 4.69) is 33.2 Å². The topological polar surface area (TPSA) is 64.8 Å². The van der Waals surface area contributed by atoms with Crippen LogP contribution in [0.5, 0.6) is 0 Å². The summed E-state index contributed by atoms with van der Waals surface area (Å²) in [5.74, 6) is 2.61. The van der Waals surface area contributed by atoms with E-state index in [1.165, 1.54) is 12.8 Å². The van der Waals surface area contributed by atoms with E-state index in [1.54, 1.807) is 0 Å². The lowest BCUT2D eigenvalue weighted by atomic mass is 10.3. The van der Waals surface area contributed by atoms with Crippen molar-refractivity contribution in [3.63, 3.8) is 0 Å². The Bertz CT molecular complexity index is 461. The van der Waals surface area contributed by atoms with Gasteiger partial charge in [0.2, 0.25) is 0 Å². The molecular formula is C14H21N5. The molecule has 1 aromatic rings. The fraction of sp³-hybridized carbons (Fsp3) is 0.643. The molecule has 0 bridgehead atoms. The molecule has 5 nitrogen and oxygen atoms in total. The van der Waals surface area contributed by atoms with Gasteiger partial charge in [0.05, 0.1) is 12.5 Å². The highest BCUT2D eigenvalue weighted by Crippen LogP contribution is 2.31. The average Bonchev–Trinajstić information content (AvgIpc) is 3.21. The number of rotatable bonds is 7. The molecule has 1 aromatic heterocycles. The molecule has 1 saturated carbocycles. The molecule has 1 N–H and O–H groups in total. The van der Waals surface area contributed by atoms with Crippen LogP contribution in [0.15, 0.2) is 6.07 Å². The highest BCUT2D eigenvalue weighted by molar-refractivity contribution is 5.51. The van der Waals surface area contributed by atoms with Gasteiger partial charge in [-0.25, -0.2) is 9.97 Å². The summed E-state index contributed by atoms with van der Waals surface area (Å²) in [7, 11) is 0. The fourth-order valence-electron chi connectivity index (χ4n) is 2.08. The smallest absolute Gasteiger partial charge is 0.134 e. The van der Waals surface area contributed by atoms with Gasteiger partial charge in [-0.2, -0.15) is 5.26 Å². The SMILES string of the molecule is CCCNc1cc(N(CCC#N)C2CC2)nc(C)n1. The first-order valence-electron chi connectivity index (χ1n) is 6.97. The van der Waals surface area contributed by atoms with Crippen molar-refractivity contribution < 1.29 is 0 Å². The van der Waals surface area contributed by atoms with Crippen molar-refractivity contribution in [1.82, 2.24) is 9.97 Å². The third kappa shape index (κ3) is 3.82. The summed E-state index contributed by atoms with van der Waals surface area (Å²) in [5.41, 5.74) is 0. The summed E-state index contributed by atoms with van der Waals surface area (Å²) < 4.78 is 0. The maximum Gasteiger partial charge on any atom is 0.134 e. The van der Waals surface area contributed by atoms with Crippen molar-refractivity contribution >= 4 is 11.6 Å². The number of hydrogen-bond donors (Lipinski definition) is 1. The van der Waals surface area contributed by atoms with E-state index < -0.39 is 0 Å². The molecule has 1 aliphatic rings. The molecule has 5 heteroatoms. The van der Waals surface area contributed by atoms with Gasteiger partial charge in [-0.15, -0.1) is 0 Å². The van der Waals surface area contributed by atoms with E-state index in [9.17, 15) is 0 Å². The van der Waals surface area contributed by atoms with Crippen LogP contribution in [0.4, 0.5) is 11.6 Å². The average molecular weight is 259 g/mol. The molecule has 102 valence electrons. The molecule has 1 aliphatic carbocycles. The first-order chi connectivity index (χ1) is 9.24. The molecule has 0 unspecified atom stereocenters. The molecule has 0 saturated heterocycles. The molecular weight excluding hydrogens is 238 g/mol. The Morgan fingerprint density at radius 2 is 2.26 bits per heavy atom. The van der Waals surface area contributed by atoms with Gasteiger partial charge in [0, 0.05) is 25.2 Å². The van der Waals surface area contributed by atoms with Crippen molar-refractivity contribution in [3.05, 3.63) is 11.9 Å². The van der Waals surface area contributed by atoms with Crippen LogP contribution in [0.2, 0.25) is 0 Å². The van der Waals surface area contributed by atoms with Gasteiger partial charge in [0.25, 0.3) is 0 Å². The van der Waals surface area contributed by atoms with E-state index in [4.69, 9.17) is 5.26 Å². The molecule has 0 atom stereocenters.